The number of rotatable bonds is 9. The first-order valence-electron chi connectivity index (χ1n) is 10.3. The van der Waals surface area contributed by atoms with Gasteiger partial charge in [-0.2, -0.15) is 0 Å². The van der Waals surface area contributed by atoms with Gasteiger partial charge in [-0.05, 0) is 69.3 Å². The third-order valence-electron chi connectivity index (χ3n) is 5.00. The van der Waals surface area contributed by atoms with E-state index >= 15 is 0 Å². The molecule has 0 bridgehead atoms. The molecular weight excluding hydrogens is 382 g/mol. The van der Waals surface area contributed by atoms with E-state index in [0.29, 0.717) is 40.3 Å². The van der Waals surface area contributed by atoms with Gasteiger partial charge in [-0.25, -0.2) is 0 Å². The van der Waals surface area contributed by atoms with Crippen LogP contribution in [0.1, 0.15) is 38.0 Å². The molecule has 0 atom stereocenters. The van der Waals surface area contributed by atoms with E-state index in [2.05, 4.69) is 18.7 Å². The van der Waals surface area contributed by atoms with E-state index in [9.17, 15) is 9.90 Å². The molecule has 160 valence electrons. The topological polar surface area (TPSA) is 72.1 Å². The summed E-state index contributed by atoms with van der Waals surface area (Å²) in [5.74, 6) is 1.86. The van der Waals surface area contributed by atoms with Crippen molar-refractivity contribution in [1.82, 2.24) is 4.90 Å². The van der Waals surface area contributed by atoms with Crippen LogP contribution in [0.3, 0.4) is 0 Å². The van der Waals surface area contributed by atoms with Gasteiger partial charge in [0.1, 0.15) is 28.6 Å². The Morgan fingerprint density at radius 2 is 1.63 bits per heavy atom. The average Bonchev–Trinajstić information content (AvgIpc) is 2.74. The Hall–Kier alpha value is -2.99. The third kappa shape index (κ3) is 4.60. The molecule has 0 saturated carbocycles. The van der Waals surface area contributed by atoms with Crippen molar-refractivity contribution in [2.24, 2.45) is 0 Å². The molecule has 1 N–H and O–H groups in total. The van der Waals surface area contributed by atoms with E-state index < -0.39 is 0 Å². The maximum atomic E-state index is 13.2. The van der Waals surface area contributed by atoms with Gasteiger partial charge in [-0.15, -0.1) is 0 Å². The summed E-state index contributed by atoms with van der Waals surface area (Å²) in [4.78, 5) is 15.4. The fourth-order valence-corrected chi connectivity index (χ4v) is 3.55. The first-order valence-corrected chi connectivity index (χ1v) is 10.3. The van der Waals surface area contributed by atoms with Gasteiger partial charge in [0.15, 0.2) is 0 Å². The molecule has 6 nitrogen and oxygen atoms in total. The third-order valence-corrected chi connectivity index (χ3v) is 5.00. The van der Waals surface area contributed by atoms with Gasteiger partial charge in [0.2, 0.25) is 11.2 Å². The number of phenolic OH excluding ortho intramolecular Hbond substituents is 1. The van der Waals surface area contributed by atoms with Gasteiger partial charge in [0.05, 0.1) is 18.1 Å². The quantitative estimate of drug-likeness (QED) is 0.520. The molecule has 1 heterocycles. The molecule has 0 saturated heterocycles. The van der Waals surface area contributed by atoms with E-state index in [0.717, 1.165) is 25.9 Å². The van der Waals surface area contributed by atoms with Crippen molar-refractivity contribution < 1.29 is 19.0 Å². The standard InChI is InChI=1S/C24H29NO5/c1-5-13-25(14-6-2)15-20-21(26)12-11-19-22(27)23(16(3)29-24(19)20)30-18-9-7-17(28-4)8-10-18/h7-12,26H,5-6,13-15H2,1-4H3. The highest BCUT2D eigenvalue weighted by atomic mass is 16.5. The zero-order chi connectivity index (χ0) is 21.7. The highest BCUT2D eigenvalue weighted by Crippen LogP contribution is 2.32. The lowest BCUT2D eigenvalue weighted by molar-refractivity contribution is 0.262. The zero-order valence-corrected chi connectivity index (χ0v) is 18.0. The molecule has 0 radical (unpaired) electrons. The molecule has 0 aliphatic heterocycles. The SMILES string of the molecule is CCCN(CCC)Cc1c(O)ccc2c(=O)c(Oc3ccc(OC)cc3)c(C)oc12. The summed E-state index contributed by atoms with van der Waals surface area (Å²) < 4.78 is 17.0. The number of methoxy groups -OCH3 is 1. The van der Waals surface area contributed by atoms with Crippen LogP contribution >= 0.6 is 0 Å². The van der Waals surface area contributed by atoms with E-state index in [1.54, 1.807) is 50.4 Å². The van der Waals surface area contributed by atoms with E-state index in [1.807, 2.05) is 0 Å². The fourth-order valence-electron chi connectivity index (χ4n) is 3.55. The predicted molar refractivity (Wildman–Crippen MR) is 118 cm³/mol. The molecule has 1 aromatic heterocycles. The number of ether oxygens (including phenoxy) is 2. The number of benzene rings is 2. The molecule has 3 aromatic rings. The number of aryl methyl sites for hydroxylation is 1. The monoisotopic (exact) mass is 411 g/mol. The van der Waals surface area contributed by atoms with Crippen molar-refractivity contribution in [2.45, 2.75) is 40.2 Å². The number of hydrogen-bond donors (Lipinski definition) is 1. The van der Waals surface area contributed by atoms with Gasteiger partial charge in [-0.1, -0.05) is 13.8 Å². The summed E-state index contributed by atoms with van der Waals surface area (Å²) in [5.41, 5.74) is 0.783. The molecule has 0 amide bonds. The van der Waals surface area contributed by atoms with Gasteiger partial charge in [0, 0.05) is 6.54 Å². The normalized spacial score (nSPS) is 11.2. The minimum Gasteiger partial charge on any atom is -0.507 e. The molecule has 30 heavy (non-hydrogen) atoms. The summed E-state index contributed by atoms with van der Waals surface area (Å²) in [6, 6.07) is 10.1. The maximum absolute atomic E-state index is 13.2. The first kappa shape index (κ1) is 21.7. The number of fused-ring (bicyclic) bond motifs is 1. The Bertz CT molecular complexity index is 1050. The van der Waals surface area contributed by atoms with Crippen molar-refractivity contribution in [3.05, 3.63) is 57.9 Å². The van der Waals surface area contributed by atoms with E-state index in [4.69, 9.17) is 13.9 Å². The summed E-state index contributed by atoms with van der Waals surface area (Å²) in [6.45, 7) is 8.28. The van der Waals surface area contributed by atoms with Crippen LogP contribution in [0.2, 0.25) is 0 Å². The van der Waals surface area contributed by atoms with Crippen LogP contribution in [-0.2, 0) is 6.54 Å². The largest absolute Gasteiger partial charge is 0.507 e. The van der Waals surface area contributed by atoms with Crippen molar-refractivity contribution >= 4 is 11.0 Å². The molecule has 0 fully saturated rings. The van der Waals surface area contributed by atoms with E-state index in [-0.39, 0.29) is 16.9 Å². The summed E-state index contributed by atoms with van der Waals surface area (Å²) in [5, 5.41) is 10.9. The van der Waals surface area contributed by atoms with Crippen molar-refractivity contribution in [2.75, 3.05) is 20.2 Å². The number of aromatic hydroxyl groups is 1. The number of hydrogen-bond acceptors (Lipinski definition) is 6. The molecule has 3 rings (SSSR count). The first-order chi connectivity index (χ1) is 14.5. The van der Waals surface area contributed by atoms with Crippen LogP contribution in [0.5, 0.6) is 23.0 Å². The van der Waals surface area contributed by atoms with Gasteiger partial charge >= 0.3 is 0 Å². The fraction of sp³-hybridized carbons (Fsp3) is 0.375. The van der Waals surface area contributed by atoms with Crippen LogP contribution in [0.4, 0.5) is 0 Å². The lowest BCUT2D eigenvalue weighted by Gasteiger charge is -2.22. The Labute approximate surface area is 176 Å². The van der Waals surface area contributed by atoms with Crippen molar-refractivity contribution in [1.29, 1.82) is 0 Å². The van der Waals surface area contributed by atoms with Crippen molar-refractivity contribution in [3.63, 3.8) is 0 Å². The van der Waals surface area contributed by atoms with Crippen molar-refractivity contribution in [3.8, 4) is 23.0 Å². The minimum atomic E-state index is -0.261. The van der Waals surface area contributed by atoms with E-state index in [1.165, 1.54) is 0 Å². The van der Waals surface area contributed by atoms with Gasteiger partial charge in [-0.3, -0.25) is 9.69 Å². The Balaban J connectivity index is 2.03. The maximum Gasteiger partial charge on any atom is 0.235 e. The second-order valence-electron chi connectivity index (χ2n) is 7.31. The number of nitrogens with zero attached hydrogens (tertiary/aromatic N) is 1. The van der Waals surface area contributed by atoms with Crippen LogP contribution in [0, 0.1) is 6.92 Å². The summed E-state index contributed by atoms with van der Waals surface area (Å²) in [6.07, 6.45) is 2.02. The molecular formula is C24H29NO5. The lowest BCUT2D eigenvalue weighted by Crippen LogP contribution is -2.25. The summed E-state index contributed by atoms with van der Waals surface area (Å²) >= 11 is 0. The smallest absolute Gasteiger partial charge is 0.235 e. The predicted octanol–water partition coefficient (Wildman–Crippen LogP) is 5.23. The average molecular weight is 411 g/mol. The molecule has 0 aliphatic rings. The van der Waals surface area contributed by atoms with Gasteiger partial charge < -0.3 is 19.0 Å². The van der Waals surface area contributed by atoms with Gasteiger partial charge in [0.25, 0.3) is 0 Å². The molecule has 2 aromatic carbocycles. The highest BCUT2D eigenvalue weighted by Gasteiger charge is 2.20. The number of phenols is 1. The second kappa shape index (κ2) is 9.67. The molecule has 0 spiro atoms. The Morgan fingerprint density at radius 1 is 1.00 bits per heavy atom. The Morgan fingerprint density at radius 3 is 2.23 bits per heavy atom. The zero-order valence-electron chi connectivity index (χ0n) is 18.0. The summed E-state index contributed by atoms with van der Waals surface area (Å²) in [7, 11) is 1.59. The lowest BCUT2D eigenvalue weighted by atomic mass is 10.1. The molecule has 0 aliphatic carbocycles. The molecule has 6 heteroatoms. The minimum absolute atomic E-state index is 0.131. The van der Waals surface area contributed by atoms with Crippen LogP contribution in [-0.4, -0.2) is 30.2 Å². The Kier molecular flexibility index (Phi) is 7.00. The highest BCUT2D eigenvalue weighted by molar-refractivity contribution is 5.83. The molecule has 0 unspecified atom stereocenters. The van der Waals surface area contributed by atoms with Crippen LogP contribution in [0.25, 0.3) is 11.0 Å². The second-order valence-corrected chi connectivity index (χ2v) is 7.31. The van der Waals surface area contributed by atoms with Crippen LogP contribution in [0.15, 0.2) is 45.6 Å². The van der Waals surface area contributed by atoms with Crippen LogP contribution < -0.4 is 14.9 Å².